The molecule has 0 spiro atoms. The molecule has 0 fully saturated rings. The van der Waals surface area contributed by atoms with Crippen molar-refractivity contribution in [1.82, 2.24) is 10.2 Å². The van der Waals surface area contributed by atoms with E-state index in [9.17, 15) is 18.0 Å². The van der Waals surface area contributed by atoms with Crippen LogP contribution in [0, 0.1) is 13.8 Å². The number of halogens is 1. The highest BCUT2D eigenvalue weighted by molar-refractivity contribution is 7.92. The predicted octanol–water partition coefficient (Wildman–Crippen LogP) is 5.10. The lowest BCUT2D eigenvalue weighted by Gasteiger charge is -2.33. The number of nitrogens with one attached hydrogen (secondary N) is 1. The van der Waals surface area contributed by atoms with Gasteiger partial charge in [0.25, 0.3) is 10.0 Å². The Kier molecular flexibility index (Phi) is 10.6. The molecular weight excluding hydrogens is 550 g/mol. The quantitative estimate of drug-likeness (QED) is 0.319. The second kappa shape index (κ2) is 13.7. The third-order valence-corrected chi connectivity index (χ3v) is 8.72. The molecule has 1 N–H and O–H groups in total. The molecule has 8 nitrogen and oxygen atoms in total. The molecule has 3 aromatic rings. The van der Waals surface area contributed by atoms with Crippen molar-refractivity contribution in [2.75, 3.05) is 24.5 Å². The fraction of sp³-hybridized carbons (Fsp3) is 0.333. The first-order valence-electron chi connectivity index (χ1n) is 13.1. The van der Waals surface area contributed by atoms with Crippen LogP contribution in [0.1, 0.15) is 37.0 Å². The molecule has 0 aliphatic carbocycles. The number of carbonyl (C=O) groups excluding carboxylic acids is 2. The van der Waals surface area contributed by atoms with Crippen LogP contribution in [0.15, 0.2) is 71.6 Å². The van der Waals surface area contributed by atoms with Crippen LogP contribution in [0.25, 0.3) is 0 Å². The summed E-state index contributed by atoms with van der Waals surface area (Å²) in [6.07, 6.45) is 0.342. The second-order valence-corrected chi connectivity index (χ2v) is 11.7. The van der Waals surface area contributed by atoms with Crippen molar-refractivity contribution in [3.63, 3.8) is 0 Å². The molecule has 0 aromatic heterocycles. The van der Waals surface area contributed by atoms with E-state index in [0.717, 1.165) is 21.0 Å². The Balaban J connectivity index is 2.09. The summed E-state index contributed by atoms with van der Waals surface area (Å²) in [7, 11) is -2.62. The minimum absolute atomic E-state index is 0.00181. The Morgan fingerprint density at radius 1 is 0.975 bits per heavy atom. The van der Waals surface area contributed by atoms with E-state index in [1.165, 1.54) is 29.2 Å². The van der Waals surface area contributed by atoms with Crippen molar-refractivity contribution in [2.45, 2.75) is 51.6 Å². The maximum atomic E-state index is 14.1. The van der Waals surface area contributed by atoms with Crippen molar-refractivity contribution in [3.8, 4) is 5.75 Å². The van der Waals surface area contributed by atoms with Crippen LogP contribution in [0.4, 0.5) is 5.69 Å². The third-order valence-electron chi connectivity index (χ3n) is 6.68. The number of anilines is 1. The summed E-state index contributed by atoms with van der Waals surface area (Å²) < 4.78 is 34.3. The van der Waals surface area contributed by atoms with Crippen molar-refractivity contribution < 1.29 is 22.7 Å². The Morgan fingerprint density at radius 2 is 1.68 bits per heavy atom. The van der Waals surface area contributed by atoms with Gasteiger partial charge in [-0.2, -0.15) is 0 Å². The number of hydrogen-bond acceptors (Lipinski definition) is 5. The van der Waals surface area contributed by atoms with Crippen LogP contribution < -0.4 is 14.4 Å². The topological polar surface area (TPSA) is 96.0 Å². The molecule has 0 aliphatic rings. The van der Waals surface area contributed by atoms with Gasteiger partial charge >= 0.3 is 0 Å². The van der Waals surface area contributed by atoms with Gasteiger partial charge in [-0.1, -0.05) is 36.7 Å². The standard InChI is InChI=1S/C30H36ClN3O5S/c1-6-28(30(36)32-7-2)33(19-23-9-8-10-26(18-23)39-5)29(35)20-34(25-14-11-21(3)22(4)17-25)40(37,38)27-15-12-24(31)13-16-27/h8-18,28H,6-7,19-20H2,1-5H3,(H,32,36)/t28-/m1/s1. The number of carbonyl (C=O) groups is 2. The van der Waals surface area contributed by atoms with Crippen LogP contribution in [-0.2, 0) is 26.2 Å². The molecule has 0 bridgehead atoms. The average molecular weight is 586 g/mol. The molecule has 10 heteroatoms. The summed E-state index contributed by atoms with van der Waals surface area (Å²) in [6, 6.07) is 17.4. The first kappa shape index (κ1) is 31.0. The summed E-state index contributed by atoms with van der Waals surface area (Å²) in [4.78, 5) is 28.5. The zero-order valence-electron chi connectivity index (χ0n) is 23.5. The molecule has 40 heavy (non-hydrogen) atoms. The van der Waals surface area contributed by atoms with Gasteiger partial charge in [-0.15, -0.1) is 0 Å². The molecule has 3 aromatic carbocycles. The van der Waals surface area contributed by atoms with Gasteiger partial charge in [0.15, 0.2) is 0 Å². The largest absolute Gasteiger partial charge is 0.497 e. The number of hydrogen-bond donors (Lipinski definition) is 1. The van der Waals surface area contributed by atoms with Gasteiger partial charge in [-0.25, -0.2) is 8.42 Å². The molecule has 0 saturated carbocycles. The van der Waals surface area contributed by atoms with Crippen molar-refractivity contribution in [3.05, 3.63) is 88.4 Å². The Labute approximate surface area is 241 Å². The van der Waals surface area contributed by atoms with E-state index in [4.69, 9.17) is 16.3 Å². The summed E-state index contributed by atoms with van der Waals surface area (Å²) in [5.74, 6) is -0.214. The summed E-state index contributed by atoms with van der Waals surface area (Å²) in [6.45, 7) is 7.41. The van der Waals surface area contributed by atoms with Gasteiger partial charge in [-0.05, 0) is 92.4 Å². The van der Waals surface area contributed by atoms with Crippen LogP contribution in [0.5, 0.6) is 5.75 Å². The van der Waals surface area contributed by atoms with E-state index in [2.05, 4.69) is 5.32 Å². The molecule has 2 amide bonds. The number of likely N-dealkylation sites (N-methyl/N-ethyl adjacent to an activating group) is 1. The Bertz CT molecular complexity index is 1440. The lowest BCUT2D eigenvalue weighted by Crippen LogP contribution is -2.52. The molecule has 0 unspecified atom stereocenters. The number of ether oxygens (including phenoxy) is 1. The van der Waals surface area contributed by atoms with E-state index in [1.807, 2.05) is 32.9 Å². The summed E-state index contributed by atoms with van der Waals surface area (Å²) in [5.41, 5.74) is 2.96. The van der Waals surface area contributed by atoms with Gasteiger partial charge in [-0.3, -0.25) is 13.9 Å². The van der Waals surface area contributed by atoms with Crippen molar-refractivity contribution >= 4 is 39.1 Å². The lowest BCUT2D eigenvalue weighted by molar-refractivity contribution is -0.140. The second-order valence-electron chi connectivity index (χ2n) is 9.43. The number of sulfonamides is 1. The number of nitrogens with zero attached hydrogens (tertiary/aromatic N) is 2. The highest BCUT2D eigenvalue weighted by atomic mass is 35.5. The van der Waals surface area contributed by atoms with Gasteiger partial charge in [0, 0.05) is 18.1 Å². The van der Waals surface area contributed by atoms with Crippen LogP contribution in [0.3, 0.4) is 0 Å². The van der Waals surface area contributed by atoms with Gasteiger partial charge in [0.2, 0.25) is 11.8 Å². The van der Waals surface area contributed by atoms with E-state index in [0.29, 0.717) is 29.4 Å². The summed E-state index contributed by atoms with van der Waals surface area (Å²) in [5, 5.41) is 3.19. The molecule has 214 valence electrons. The fourth-order valence-electron chi connectivity index (χ4n) is 4.32. The zero-order chi connectivity index (χ0) is 29.4. The summed E-state index contributed by atoms with van der Waals surface area (Å²) >= 11 is 6.01. The van der Waals surface area contributed by atoms with E-state index < -0.39 is 28.5 Å². The zero-order valence-corrected chi connectivity index (χ0v) is 25.1. The third kappa shape index (κ3) is 7.34. The van der Waals surface area contributed by atoms with E-state index in [1.54, 1.807) is 44.4 Å². The predicted molar refractivity (Wildman–Crippen MR) is 158 cm³/mol. The van der Waals surface area contributed by atoms with Crippen LogP contribution >= 0.6 is 11.6 Å². The van der Waals surface area contributed by atoms with Crippen molar-refractivity contribution in [2.24, 2.45) is 0 Å². The highest BCUT2D eigenvalue weighted by Crippen LogP contribution is 2.27. The van der Waals surface area contributed by atoms with E-state index >= 15 is 0 Å². The minimum atomic E-state index is -4.17. The van der Waals surface area contributed by atoms with Gasteiger partial charge < -0.3 is 15.0 Å². The maximum Gasteiger partial charge on any atom is 0.264 e. The molecule has 0 heterocycles. The minimum Gasteiger partial charge on any atom is -0.497 e. The SMILES string of the molecule is CCNC(=O)[C@@H](CC)N(Cc1cccc(OC)c1)C(=O)CN(c1ccc(C)c(C)c1)S(=O)(=O)c1ccc(Cl)cc1. The van der Waals surface area contributed by atoms with Gasteiger partial charge in [0.05, 0.1) is 17.7 Å². The molecular formula is C30H36ClN3O5S. The first-order chi connectivity index (χ1) is 19.0. The number of amides is 2. The fourth-order valence-corrected chi connectivity index (χ4v) is 5.85. The number of methoxy groups -OCH3 is 1. The van der Waals surface area contributed by atoms with E-state index in [-0.39, 0.29) is 17.3 Å². The number of benzene rings is 3. The lowest BCUT2D eigenvalue weighted by atomic mass is 10.1. The van der Waals surface area contributed by atoms with Crippen molar-refractivity contribution in [1.29, 1.82) is 0 Å². The molecule has 0 radical (unpaired) electrons. The van der Waals surface area contributed by atoms with Crippen LogP contribution in [0.2, 0.25) is 5.02 Å². The molecule has 0 saturated heterocycles. The smallest absolute Gasteiger partial charge is 0.264 e. The Morgan fingerprint density at radius 3 is 2.27 bits per heavy atom. The molecule has 0 aliphatic heterocycles. The molecule has 1 atom stereocenters. The highest BCUT2D eigenvalue weighted by Gasteiger charge is 2.33. The normalized spacial score (nSPS) is 11.9. The maximum absolute atomic E-state index is 14.1. The molecule has 3 rings (SSSR count). The van der Waals surface area contributed by atoms with Crippen LogP contribution in [-0.4, -0.2) is 51.4 Å². The number of aryl methyl sites for hydroxylation is 2. The average Bonchev–Trinajstić information content (AvgIpc) is 2.93. The monoisotopic (exact) mass is 585 g/mol. The van der Waals surface area contributed by atoms with Gasteiger partial charge in [0.1, 0.15) is 18.3 Å². The number of rotatable bonds is 12. The first-order valence-corrected chi connectivity index (χ1v) is 14.9. The Hall–Kier alpha value is -3.56.